The zero-order valence-corrected chi connectivity index (χ0v) is 15.6. The molecule has 1 aliphatic heterocycles. The first kappa shape index (κ1) is 16.1. The lowest BCUT2D eigenvalue weighted by molar-refractivity contribution is 0.466. The van der Waals surface area contributed by atoms with E-state index in [2.05, 4.69) is 26.7 Å². The highest BCUT2D eigenvalue weighted by Crippen LogP contribution is 2.37. The van der Waals surface area contributed by atoms with Gasteiger partial charge in [0.25, 0.3) is 0 Å². The van der Waals surface area contributed by atoms with E-state index in [9.17, 15) is 4.39 Å². The Morgan fingerprint density at radius 3 is 3.04 bits per heavy atom. The van der Waals surface area contributed by atoms with Gasteiger partial charge in [-0.25, -0.2) is 14.4 Å². The van der Waals surface area contributed by atoms with Gasteiger partial charge < -0.3 is 10.6 Å². The molecule has 0 radical (unpaired) electrons. The van der Waals surface area contributed by atoms with E-state index in [4.69, 9.17) is 0 Å². The minimum Gasteiger partial charge on any atom is -0.352 e. The second-order valence-corrected chi connectivity index (χ2v) is 8.47. The van der Waals surface area contributed by atoms with Gasteiger partial charge in [-0.1, -0.05) is 0 Å². The standard InChI is InChI=1S/C19H17FN4S2/c20-17-14(3-4-15-18(17)23-10-25-15)24-13-5-7-22-19-12(13)8-16(26-19)11-2-1-6-21-9-11/h3-5,7-8,10-11,21H,1-2,6,9H2,(H,22,24). The molecule has 0 saturated carbocycles. The minimum atomic E-state index is -0.305. The first-order valence-electron chi connectivity index (χ1n) is 8.67. The van der Waals surface area contributed by atoms with Gasteiger partial charge in [0, 0.05) is 28.9 Å². The van der Waals surface area contributed by atoms with Crippen LogP contribution in [0, 0.1) is 5.82 Å². The third kappa shape index (κ3) is 2.76. The third-order valence-electron chi connectivity index (χ3n) is 4.86. The summed E-state index contributed by atoms with van der Waals surface area (Å²) in [7, 11) is 0. The lowest BCUT2D eigenvalue weighted by Crippen LogP contribution is -2.27. The van der Waals surface area contributed by atoms with E-state index in [0.717, 1.165) is 33.7 Å². The van der Waals surface area contributed by atoms with Crippen molar-refractivity contribution in [2.75, 3.05) is 18.4 Å². The van der Waals surface area contributed by atoms with E-state index in [-0.39, 0.29) is 5.82 Å². The Hall–Kier alpha value is -2.09. The van der Waals surface area contributed by atoms with Gasteiger partial charge >= 0.3 is 0 Å². The summed E-state index contributed by atoms with van der Waals surface area (Å²) < 4.78 is 15.6. The van der Waals surface area contributed by atoms with E-state index in [0.29, 0.717) is 17.1 Å². The summed E-state index contributed by atoms with van der Waals surface area (Å²) in [6.45, 7) is 2.12. The number of rotatable bonds is 3. The minimum absolute atomic E-state index is 0.305. The molecule has 4 aromatic rings. The number of aromatic nitrogens is 2. The summed E-state index contributed by atoms with van der Waals surface area (Å²) in [5.41, 5.74) is 3.42. The van der Waals surface area contributed by atoms with Crippen LogP contribution < -0.4 is 10.6 Å². The van der Waals surface area contributed by atoms with E-state index >= 15 is 0 Å². The molecule has 1 unspecified atom stereocenters. The zero-order chi connectivity index (χ0) is 17.5. The molecule has 1 saturated heterocycles. The summed E-state index contributed by atoms with van der Waals surface area (Å²) in [5.74, 6) is 0.236. The second-order valence-electron chi connectivity index (χ2n) is 6.52. The van der Waals surface area contributed by atoms with Crippen LogP contribution in [-0.2, 0) is 0 Å². The summed E-state index contributed by atoms with van der Waals surface area (Å²) in [6, 6.07) is 7.80. The van der Waals surface area contributed by atoms with E-state index < -0.39 is 0 Å². The number of nitrogens with zero attached hydrogens (tertiary/aromatic N) is 2. The summed E-state index contributed by atoms with van der Waals surface area (Å²) in [4.78, 5) is 11.0. The van der Waals surface area contributed by atoms with Crippen molar-refractivity contribution in [1.82, 2.24) is 15.3 Å². The Bertz CT molecular complexity index is 1080. The molecular weight excluding hydrogens is 367 g/mol. The van der Waals surface area contributed by atoms with Gasteiger partial charge in [0.2, 0.25) is 0 Å². The predicted molar refractivity (Wildman–Crippen MR) is 107 cm³/mol. The predicted octanol–water partition coefficient (Wildman–Crippen LogP) is 5.26. The molecule has 0 amide bonds. The van der Waals surface area contributed by atoms with Crippen molar-refractivity contribution >= 4 is 54.5 Å². The van der Waals surface area contributed by atoms with Gasteiger partial charge in [-0.15, -0.1) is 22.7 Å². The Kier molecular flexibility index (Phi) is 4.07. The lowest BCUT2D eigenvalue weighted by atomic mass is 9.98. The molecule has 1 fully saturated rings. The molecule has 4 heterocycles. The molecule has 0 bridgehead atoms. The van der Waals surface area contributed by atoms with Crippen molar-refractivity contribution in [3.63, 3.8) is 0 Å². The number of fused-ring (bicyclic) bond motifs is 2. The van der Waals surface area contributed by atoms with E-state index in [1.165, 1.54) is 29.1 Å². The maximum absolute atomic E-state index is 14.7. The number of anilines is 2. The zero-order valence-electron chi connectivity index (χ0n) is 14.0. The quantitative estimate of drug-likeness (QED) is 0.506. The fourth-order valence-corrected chi connectivity index (χ4v) is 5.34. The Balaban J connectivity index is 1.53. The number of benzene rings is 1. The van der Waals surface area contributed by atoms with Gasteiger partial charge in [-0.2, -0.15) is 0 Å². The second kappa shape index (κ2) is 6.57. The van der Waals surface area contributed by atoms with Crippen LogP contribution in [0.4, 0.5) is 15.8 Å². The molecule has 4 nitrogen and oxygen atoms in total. The maximum atomic E-state index is 14.7. The van der Waals surface area contributed by atoms with Crippen molar-refractivity contribution < 1.29 is 4.39 Å². The number of nitrogens with one attached hydrogen (secondary N) is 2. The van der Waals surface area contributed by atoms with Crippen molar-refractivity contribution in [1.29, 1.82) is 0 Å². The van der Waals surface area contributed by atoms with Crippen LogP contribution in [0.1, 0.15) is 23.6 Å². The Morgan fingerprint density at radius 1 is 1.19 bits per heavy atom. The first-order valence-corrected chi connectivity index (χ1v) is 10.4. The van der Waals surface area contributed by atoms with Crippen molar-refractivity contribution in [2.24, 2.45) is 0 Å². The molecular formula is C19H17FN4S2. The summed E-state index contributed by atoms with van der Waals surface area (Å²) in [5, 5.41) is 7.77. The molecule has 5 rings (SSSR count). The number of hydrogen-bond donors (Lipinski definition) is 2. The number of pyridine rings is 1. The van der Waals surface area contributed by atoms with Crippen LogP contribution in [0.25, 0.3) is 20.4 Å². The highest BCUT2D eigenvalue weighted by Gasteiger charge is 2.19. The third-order valence-corrected chi connectivity index (χ3v) is 6.86. The molecule has 1 aromatic carbocycles. The van der Waals surface area contributed by atoms with E-state index in [1.807, 2.05) is 12.1 Å². The highest BCUT2D eigenvalue weighted by molar-refractivity contribution is 7.18. The van der Waals surface area contributed by atoms with Gasteiger partial charge in [0.05, 0.1) is 21.6 Å². The topological polar surface area (TPSA) is 49.8 Å². The number of hydrogen-bond acceptors (Lipinski definition) is 6. The molecule has 2 N–H and O–H groups in total. The van der Waals surface area contributed by atoms with Crippen LogP contribution >= 0.6 is 22.7 Å². The van der Waals surface area contributed by atoms with Crippen LogP contribution in [0.5, 0.6) is 0 Å². The Labute approximate surface area is 158 Å². The van der Waals surface area contributed by atoms with Gasteiger partial charge in [0.1, 0.15) is 10.3 Å². The van der Waals surface area contributed by atoms with Gasteiger partial charge in [-0.05, 0) is 43.7 Å². The van der Waals surface area contributed by atoms with Crippen LogP contribution in [0.3, 0.4) is 0 Å². The Morgan fingerprint density at radius 2 is 2.15 bits per heavy atom. The summed E-state index contributed by atoms with van der Waals surface area (Å²) >= 11 is 3.19. The number of halogens is 1. The molecule has 0 spiro atoms. The maximum Gasteiger partial charge on any atom is 0.173 e. The van der Waals surface area contributed by atoms with E-state index in [1.54, 1.807) is 29.1 Å². The van der Waals surface area contributed by atoms with Crippen LogP contribution in [0.2, 0.25) is 0 Å². The monoisotopic (exact) mass is 384 g/mol. The number of piperidine rings is 1. The molecule has 1 aliphatic rings. The smallest absolute Gasteiger partial charge is 0.173 e. The molecule has 1 atom stereocenters. The number of thiazole rings is 1. The SMILES string of the molecule is Fc1c(Nc2ccnc3sc(C4CCCNC4)cc23)ccc2scnc12. The van der Waals surface area contributed by atoms with Crippen LogP contribution in [0.15, 0.2) is 36.0 Å². The fraction of sp³-hybridized carbons (Fsp3) is 0.263. The molecule has 3 aromatic heterocycles. The average Bonchev–Trinajstić information content (AvgIpc) is 3.32. The van der Waals surface area contributed by atoms with Crippen molar-refractivity contribution in [2.45, 2.75) is 18.8 Å². The first-order chi connectivity index (χ1) is 12.8. The van der Waals surface area contributed by atoms with Crippen molar-refractivity contribution in [3.8, 4) is 0 Å². The molecule has 0 aliphatic carbocycles. The average molecular weight is 385 g/mol. The fourth-order valence-electron chi connectivity index (χ4n) is 3.50. The van der Waals surface area contributed by atoms with Crippen LogP contribution in [-0.4, -0.2) is 23.1 Å². The van der Waals surface area contributed by atoms with Crippen molar-refractivity contribution in [3.05, 3.63) is 46.7 Å². The molecule has 132 valence electrons. The molecule has 7 heteroatoms. The summed E-state index contributed by atoms with van der Waals surface area (Å²) in [6.07, 6.45) is 4.19. The van der Waals surface area contributed by atoms with Gasteiger partial charge in [-0.3, -0.25) is 0 Å². The lowest BCUT2D eigenvalue weighted by Gasteiger charge is -2.21. The largest absolute Gasteiger partial charge is 0.352 e. The number of thiophene rings is 1. The van der Waals surface area contributed by atoms with Gasteiger partial charge in [0.15, 0.2) is 5.82 Å². The highest BCUT2D eigenvalue weighted by atomic mass is 32.1. The molecule has 26 heavy (non-hydrogen) atoms. The normalized spacial score (nSPS) is 17.8.